The maximum atomic E-state index is 14.8. The van der Waals surface area contributed by atoms with E-state index in [0.717, 1.165) is 42.1 Å². The molecule has 10 heteroatoms. The van der Waals surface area contributed by atoms with Gasteiger partial charge in [0.15, 0.2) is 11.5 Å². The zero-order valence-corrected chi connectivity index (χ0v) is 22.1. The molecule has 6 rings (SSSR count). The highest BCUT2D eigenvalue weighted by Gasteiger charge is 2.32. The molecule has 2 aromatic heterocycles. The number of halogens is 1. The molecule has 4 N–H and O–H groups in total. The van der Waals surface area contributed by atoms with Crippen molar-refractivity contribution in [3.05, 3.63) is 83.6 Å². The number of piperidine rings is 1. The number of amides is 2. The van der Waals surface area contributed by atoms with Crippen LogP contribution in [0.3, 0.4) is 0 Å². The molecule has 204 valence electrons. The first-order chi connectivity index (χ1) is 19.4. The second-order valence-corrected chi connectivity index (χ2v) is 10.5. The van der Waals surface area contributed by atoms with Gasteiger partial charge in [-0.05, 0) is 80.5 Å². The van der Waals surface area contributed by atoms with E-state index in [1.165, 1.54) is 12.3 Å². The number of primary amides is 1. The van der Waals surface area contributed by atoms with E-state index in [0.29, 0.717) is 24.0 Å². The second kappa shape index (κ2) is 10.5. The molecule has 1 aliphatic carbocycles. The molecular formula is C30H30FN7O2. The molecular weight excluding hydrogens is 509 g/mol. The number of nitrogens with zero attached hydrogens (tertiary/aromatic N) is 4. The van der Waals surface area contributed by atoms with Crippen molar-refractivity contribution in [1.82, 2.24) is 20.3 Å². The number of hydrogen-bond acceptors (Lipinski definition) is 7. The van der Waals surface area contributed by atoms with Gasteiger partial charge in [-0.3, -0.25) is 14.6 Å². The minimum atomic E-state index is -0.699. The Kier molecular flexibility index (Phi) is 6.75. The molecule has 0 spiro atoms. The van der Waals surface area contributed by atoms with E-state index >= 15 is 0 Å². The molecule has 0 bridgehead atoms. The lowest BCUT2D eigenvalue weighted by Gasteiger charge is -2.40. The fraction of sp³-hybridized carbons (Fsp3) is 0.300. The first-order valence-corrected chi connectivity index (χ1v) is 13.5. The van der Waals surface area contributed by atoms with Crippen molar-refractivity contribution in [2.24, 2.45) is 5.73 Å². The van der Waals surface area contributed by atoms with E-state index < -0.39 is 17.6 Å². The highest BCUT2D eigenvalue weighted by molar-refractivity contribution is 5.97. The molecule has 2 fully saturated rings. The lowest BCUT2D eigenvalue weighted by atomic mass is 9.96. The molecule has 40 heavy (non-hydrogen) atoms. The van der Waals surface area contributed by atoms with Gasteiger partial charge in [0.2, 0.25) is 0 Å². The Morgan fingerprint density at radius 2 is 1.93 bits per heavy atom. The number of pyridine rings is 1. The summed E-state index contributed by atoms with van der Waals surface area (Å²) < 4.78 is 14.8. The van der Waals surface area contributed by atoms with Crippen molar-refractivity contribution in [2.45, 2.75) is 50.6 Å². The zero-order valence-electron chi connectivity index (χ0n) is 22.1. The first-order valence-electron chi connectivity index (χ1n) is 13.5. The maximum Gasteiger partial charge on any atom is 0.271 e. The van der Waals surface area contributed by atoms with Gasteiger partial charge in [0, 0.05) is 35.9 Å². The van der Waals surface area contributed by atoms with Crippen LogP contribution in [0.5, 0.6) is 0 Å². The van der Waals surface area contributed by atoms with Gasteiger partial charge in [0.25, 0.3) is 11.8 Å². The van der Waals surface area contributed by atoms with Gasteiger partial charge < -0.3 is 21.3 Å². The van der Waals surface area contributed by atoms with E-state index in [4.69, 9.17) is 10.7 Å². The third-order valence-electron chi connectivity index (χ3n) is 7.74. The lowest BCUT2D eigenvalue weighted by molar-refractivity contribution is 0.0919. The van der Waals surface area contributed by atoms with Gasteiger partial charge in [-0.25, -0.2) is 14.4 Å². The van der Waals surface area contributed by atoms with Gasteiger partial charge in [0.1, 0.15) is 11.6 Å². The average Bonchev–Trinajstić information content (AvgIpc) is 3.80. The molecule has 1 saturated carbocycles. The molecule has 0 unspecified atom stereocenters. The van der Waals surface area contributed by atoms with Gasteiger partial charge in [-0.15, -0.1) is 0 Å². The van der Waals surface area contributed by atoms with E-state index in [1.54, 1.807) is 12.3 Å². The molecule has 2 aliphatic rings. The number of nitrogens with two attached hydrogens (primary N) is 1. The van der Waals surface area contributed by atoms with Crippen LogP contribution in [0.15, 0.2) is 60.9 Å². The molecule has 4 aromatic rings. The van der Waals surface area contributed by atoms with Crippen LogP contribution in [0, 0.1) is 5.82 Å². The molecule has 2 atom stereocenters. The minimum absolute atomic E-state index is 0.0228. The summed E-state index contributed by atoms with van der Waals surface area (Å²) in [6.07, 6.45) is 6.92. The Bertz CT molecular complexity index is 1610. The van der Waals surface area contributed by atoms with Crippen molar-refractivity contribution in [3.8, 4) is 0 Å². The Morgan fingerprint density at radius 3 is 2.70 bits per heavy atom. The standard InChI is InChI=1S/C30H30FN7O2/c1-17-24(36-30(40)22-10-8-19(15-23(22)31)18-6-7-18)5-3-13-38(17)26-16-34-27(28(32)39)29(37-26)35-21-9-11-25-20(14-21)4-2-12-33-25/h2,4,8-12,14-18,24H,3,5-7,13H2,1H3,(H2,32,39)(H,35,37)(H,36,40)/t17-,24-/m1/s1. The van der Waals surface area contributed by atoms with Gasteiger partial charge in [-0.1, -0.05) is 12.1 Å². The number of benzene rings is 2. The summed E-state index contributed by atoms with van der Waals surface area (Å²) in [6, 6.07) is 14.0. The van der Waals surface area contributed by atoms with Crippen LogP contribution in [0.1, 0.15) is 64.9 Å². The molecule has 2 aromatic carbocycles. The van der Waals surface area contributed by atoms with Crippen molar-refractivity contribution in [3.63, 3.8) is 0 Å². The third-order valence-corrected chi connectivity index (χ3v) is 7.74. The van der Waals surface area contributed by atoms with E-state index in [1.807, 2.05) is 48.2 Å². The van der Waals surface area contributed by atoms with Crippen molar-refractivity contribution in [1.29, 1.82) is 0 Å². The largest absolute Gasteiger partial charge is 0.364 e. The molecule has 2 amide bonds. The maximum absolute atomic E-state index is 14.8. The second-order valence-electron chi connectivity index (χ2n) is 10.5. The van der Waals surface area contributed by atoms with E-state index in [2.05, 4.69) is 20.6 Å². The number of nitrogens with one attached hydrogen (secondary N) is 2. The fourth-order valence-electron chi connectivity index (χ4n) is 5.37. The average molecular weight is 540 g/mol. The first kappa shape index (κ1) is 25.7. The number of anilines is 3. The molecule has 0 radical (unpaired) electrons. The van der Waals surface area contributed by atoms with Gasteiger partial charge >= 0.3 is 0 Å². The summed E-state index contributed by atoms with van der Waals surface area (Å²) >= 11 is 0. The van der Waals surface area contributed by atoms with Crippen LogP contribution < -0.4 is 21.3 Å². The van der Waals surface area contributed by atoms with Crippen LogP contribution in [0.4, 0.5) is 21.7 Å². The SMILES string of the molecule is C[C@@H]1[C@H](NC(=O)c2ccc(C3CC3)cc2F)CCCN1c1cnc(C(N)=O)c(Nc2ccc3ncccc3c2)n1. The topological polar surface area (TPSA) is 126 Å². The molecule has 1 saturated heterocycles. The van der Waals surface area contributed by atoms with Crippen LogP contribution in [0.25, 0.3) is 10.9 Å². The number of aromatic nitrogens is 3. The summed E-state index contributed by atoms with van der Waals surface area (Å²) in [5.41, 5.74) is 8.19. The number of rotatable bonds is 7. The summed E-state index contributed by atoms with van der Waals surface area (Å²) in [6.45, 7) is 2.67. The van der Waals surface area contributed by atoms with Gasteiger partial charge in [0.05, 0.1) is 17.3 Å². The zero-order chi connectivity index (χ0) is 27.8. The van der Waals surface area contributed by atoms with Crippen LogP contribution in [0.2, 0.25) is 0 Å². The van der Waals surface area contributed by atoms with E-state index in [9.17, 15) is 14.0 Å². The third kappa shape index (κ3) is 5.16. The molecule has 9 nitrogen and oxygen atoms in total. The highest BCUT2D eigenvalue weighted by Crippen LogP contribution is 2.40. The Labute approximate surface area is 231 Å². The van der Waals surface area contributed by atoms with Gasteiger partial charge in [-0.2, -0.15) is 0 Å². The normalized spacial score (nSPS) is 18.9. The lowest BCUT2D eigenvalue weighted by Crippen LogP contribution is -2.54. The number of fused-ring (bicyclic) bond motifs is 1. The van der Waals surface area contributed by atoms with Crippen molar-refractivity contribution in [2.75, 3.05) is 16.8 Å². The summed E-state index contributed by atoms with van der Waals surface area (Å²) in [7, 11) is 0. The monoisotopic (exact) mass is 539 g/mol. The quantitative estimate of drug-likeness (QED) is 0.312. The minimum Gasteiger partial charge on any atom is -0.364 e. The molecule has 1 aliphatic heterocycles. The van der Waals surface area contributed by atoms with E-state index in [-0.39, 0.29) is 29.2 Å². The van der Waals surface area contributed by atoms with Crippen molar-refractivity contribution >= 4 is 40.0 Å². The Balaban J connectivity index is 1.22. The summed E-state index contributed by atoms with van der Waals surface area (Å²) in [4.78, 5) is 40.6. The van der Waals surface area contributed by atoms with Crippen molar-refractivity contribution < 1.29 is 14.0 Å². The Hall–Kier alpha value is -4.60. The Morgan fingerprint density at radius 1 is 1.07 bits per heavy atom. The number of carbonyl (C=O) groups is 2. The highest BCUT2D eigenvalue weighted by atomic mass is 19.1. The molecule has 3 heterocycles. The number of carbonyl (C=O) groups excluding carboxylic acids is 2. The summed E-state index contributed by atoms with van der Waals surface area (Å²) in [5.74, 6) is -0.420. The summed E-state index contributed by atoms with van der Waals surface area (Å²) in [5, 5.41) is 7.14. The van der Waals surface area contributed by atoms with Crippen LogP contribution in [-0.2, 0) is 0 Å². The smallest absolute Gasteiger partial charge is 0.271 e. The van der Waals surface area contributed by atoms with Crippen LogP contribution in [-0.4, -0.2) is 45.4 Å². The predicted octanol–water partition coefficient (Wildman–Crippen LogP) is 4.67. The predicted molar refractivity (Wildman–Crippen MR) is 151 cm³/mol. The van der Waals surface area contributed by atoms with Crippen LogP contribution >= 0.6 is 0 Å². The number of hydrogen-bond donors (Lipinski definition) is 3. The fourth-order valence-corrected chi connectivity index (χ4v) is 5.37.